The molecule has 2 heterocycles. The standard InChI is InChI=1S/C16H21N3O4S.ClH/c1-10(2)19-16(21)13-5-4-12(8-14(13)24(19,22)23)15(20)18-7-6-17-9-11(18)3;/h4-5,8,10-11,17H,6-7,9H2,1-3H3;1H/t11-;/m0./s1. The van der Waals surface area contributed by atoms with Crippen LogP contribution in [0.1, 0.15) is 41.5 Å². The monoisotopic (exact) mass is 387 g/mol. The van der Waals surface area contributed by atoms with E-state index >= 15 is 0 Å². The van der Waals surface area contributed by atoms with Crippen LogP contribution < -0.4 is 5.32 Å². The van der Waals surface area contributed by atoms with Crippen molar-refractivity contribution in [3.8, 4) is 0 Å². The first-order chi connectivity index (χ1) is 11.2. The topological polar surface area (TPSA) is 86.8 Å². The molecular formula is C16H22ClN3O4S. The third-order valence-electron chi connectivity index (χ3n) is 4.43. The zero-order valence-corrected chi connectivity index (χ0v) is 16.0. The van der Waals surface area contributed by atoms with Gasteiger partial charge in [-0.15, -0.1) is 12.4 Å². The summed E-state index contributed by atoms with van der Waals surface area (Å²) in [5.74, 6) is -0.744. The summed E-state index contributed by atoms with van der Waals surface area (Å²) < 4.78 is 26.1. The lowest BCUT2D eigenvalue weighted by Crippen LogP contribution is -2.52. The van der Waals surface area contributed by atoms with E-state index < -0.39 is 22.0 Å². The fourth-order valence-electron chi connectivity index (χ4n) is 3.20. The van der Waals surface area contributed by atoms with Crippen LogP contribution in [0.3, 0.4) is 0 Å². The fraction of sp³-hybridized carbons (Fsp3) is 0.500. The van der Waals surface area contributed by atoms with Crippen molar-refractivity contribution in [2.75, 3.05) is 19.6 Å². The third-order valence-corrected chi connectivity index (χ3v) is 6.43. The van der Waals surface area contributed by atoms with Crippen LogP contribution in [-0.4, -0.2) is 61.2 Å². The largest absolute Gasteiger partial charge is 0.333 e. The van der Waals surface area contributed by atoms with Gasteiger partial charge >= 0.3 is 0 Å². The van der Waals surface area contributed by atoms with Crippen molar-refractivity contribution in [3.63, 3.8) is 0 Å². The molecule has 1 N–H and O–H groups in total. The molecule has 1 fully saturated rings. The highest BCUT2D eigenvalue weighted by Crippen LogP contribution is 2.32. The van der Waals surface area contributed by atoms with Gasteiger partial charge < -0.3 is 10.2 Å². The number of rotatable bonds is 2. The maximum Gasteiger partial charge on any atom is 0.269 e. The van der Waals surface area contributed by atoms with Gasteiger partial charge in [0.05, 0.1) is 5.56 Å². The number of sulfonamides is 1. The van der Waals surface area contributed by atoms with E-state index in [-0.39, 0.29) is 34.8 Å². The normalized spacial score (nSPS) is 21.9. The number of nitrogens with one attached hydrogen (secondary N) is 1. The van der Waals surface area contributed by atoms with Crippen LogP contribution >= 0.6 is 12.4 Å². The summed E-state index contributed by atoms with van der Waals surface area (Å²) in [5.41, 5.74) is 0.429. The second-order valence-corrected chi connectivity index (χ2v) is 8.25. The Morgan fingerprint density at radius 2 is 2.00 bits per heavy atom. The van der Waals surface area contributed by atoms with E-state index in [2.05, 4.69) is 5.32 Å². The Balaban J connectivity index is 0.00000225. The Morgan fingerprint density at radius 1 is 1.32 bits per heavy atom. The molecule has 0 spiro atoms. The zero-order valence-electron chi connectivity index (χ0n) is 14.4. The number of carbonyl (C=O) groups excluding carboxylic acids is 2. The van der Waals surface area contributed by atoms with E-state index in [0.717, 1.165) is 4.31 Å². The maximum atomic E-state index is 12.7. The smallest absolute Gasteiger partial charge is 0.269 e. The molecule has 138 valence electrons. The van der Waals surface area contributed by atoms with Gasteiger partial charge in [-0.3, -0.25) is 9.59 Å². The van der Waals surface area contributed by atoms with Gasteiger partial charge in [0.2, 0.25) is 0 Å². The minimum Gasteiger partial charge on any atom is -0.333 e. The van der Waals surface area contributed by atoms with Crippen LogP contribution in [-0.2, 0) is 10.0 Å². The lowest BCUT2D eigenvalue weighted by molar-refractivity contribution is 0.0655. The number of piperazine rings is 1. The molecule has 0 radical (unpaired) electrons. The Bertz CT molecular complexity index is 810. The predicted octanol–water partition coefficient (Wildman–Crippen LogP) is 1.10. The second-order valence-electron chi connectivity index (χ2n) is 6.46. The minimum absolute atomic E-state index is 0. The molecular weight excluding hydrogens is 366 g/mol. The predicted molar refractivity (Wildman–Crippen MR) is 95.5 cm³/mol. The molecule has 9 heteroatoms. The summed E-state index contributed by atoms with van der Waals surface area (Å²) in [4.78, 5) is 26.7. The maximum absolute atomic E-state index is 12.7. The van der Waals surface area contributed by atoms with E-state index in [9.17, 15) is 18.0 Å². The Hall–Kier alpha value is -1.64. The molecule has 2 aliphatic rings. The molecule has 0 saturated carbocycles. The lowest BCUT2D eigenvalue weighted by Gasteiger charge is -2.34. The lowest BCUT2D eigenvalue weighted by atomic mass is 10.1. The number of hydrogen-bond acceptors (Lipinski definition) is 5. The average Bonchev–Trinajstić information content (AvgIpc) is 2.73. The molecule has 0 unspecified atom stereocenters. The molecule has 1 saturated heterocycles. The van der Waals surface area contributed by atoms with E-state index in [1.54, 1.807) is 18.7 Å². The molecule has 7 nitrogen and oxygen atoms in total. The van der Waals surface area contributed by atoms with Gasteiger partial charge in [0.15, 0.2) is 0 Å². The molecule has 2 aliphatic heterocycles. The van der Waals surface area contributed by atoms with Gasteiger partial charge in [-0.1, -0.05) is 0 Å². The highest BCUT2D eigenvalue weighted by atomic mass is 35.5. The van der Waals surface area contributed by atoms with Crippen molar-refractivity contribution < 1.29 is 18.0 Å². The van der Waals surface area contributed by atoms with Crippen LogP contribution in [0.2, 0.25) is 0 Å². The first-order valence-electron chi connectivity index (χ1n) is 7.99. The molecule has 1 atom stereocenters. The molecule has 1 aromatic rings. The Labute approximate surface area is 153 Å². The number of halogens is 1. The van der Waals surface area contributed by atoms with Gasteiger partial charge in [-0.05, 0) is 39.0 Å². The minimum atomic E-state index is -3.89. The van der Waals surface area contributed by atoms with E-state index in [4.69, 9.17) is 0 Å². The third kappa shape index (κ3) is 3.14. The first kappa shape index (κ1) is 19.7. The van der Waals surface area contributed by atoms with Crippen LogP contribution in [0.25, 0.3) is 0 Å². The average molecular weight is 388 g/mol. The van der Waals surface area contributed by atoms with Crippen molar-refractivity contribution in [1.29, 1.82) is 0 Å². The fourth-order valence-corrected chi connectivity index (χ4v) is 4.99. The quantitative estimate of drug-likeness (QED) is 0.821. The highest BCUT2D eigenvalue weighted by Gasteiger charge is 2.43. The number of amides is 2. The van der Waals surface area contributed by atoms with E-state index in [1.165, 1.54) is 18.2 Å². The summed E-state index contributed by atoms with van der Waals surface area (Å²) in [5, 5.41) is 3.21. The van der Waals surface area contributed by atoms with Gasteiger partial charge in [-0.25, -0.2) is 12.7 Å². The molecule has 3 rings (SSSR count). The summed E-state index contributed by atoms with van der Waals surface area (Å²) >= 11 is 0. The number of benzene rings is 1. The number of nitrogens with zero attached hydrogens (tertiary/aromatic N) is 2. The summed E-state index contributed by atoms with van der Waals surface area (Å²) in [6, 6.07) is 3.87. The first-order valence-corrected chi connectivity index (χ1v) is 9.43. The molecule has 1 aromatic carbocycles. The summed E-state index contributed by atoms with van der Waals surface area (Å²) in [7, 11) is -3.89. The van der Waals surface area contributed by atoms with Gasteiger partial charge in [0.25, 0.3) is 21.8 Å². The van der Waals surface area contributed by atoms with Crippen molar-refractivity contribution in [1.82, 2.24) is 14.5 Å². The Kier molecular flexibility index (Phi) is 5.46. The van der Waals surface area contributed by atoms with E-state index in [1.807, 2.05) is 6.92 Å². The summed E-state index contributed by atoms with van der Waals surface area (Å²) in [6.45, 7) is 7.22. The van der Waals surface area contributed by atoms with Crippen LogP contribution in [0.4, 0.5) is 0 Å². The van der Waals surface area contributed by atoms with Crippen LogP contribution in [0, 0.1) is 0 Å². The number of carbonyl (C=O) groups is 2. The molecule has 2 amide bonds. The van der Waals surface area contributed by atoms with Gasteiger partial charge in [0, 0.05) is 37.3 Å². The van der Waals surface area contributed by atoms with Gasteiger partial charge in [-0.2, -0.15) is 0 Å². The number of fused-ring (bicyclic) bond motifs is 1. The number of hydrogen-bond donors (Lipinski definition) is 1. The molecule has 0 aromatic heterocycles. The van der Waals surface area contributed by atoms with Crippen LogP contribution in [0.15, 0.2) is 23.1 Å². The molecule has 25 heavy (non-hydrogen) atoms. The molecule has 0 aliphatic carbocycles. The van der Waals surface area contributed by atoms with Crippen molar-refractivity contribution in [2.24, 2.45) is 0 Å². The zero-order chi connectivity index (χ0) is 17.6. The van der Waals surface area contributed by atoms with Crippen molar-refractivity contribution in [3.05, 3.63) is 29.3 Å². The van der Waals surface area contributed by atoms with E-state index in [0.29, 0.717) is 25.2 Å². The Morgan fingerprint density at radius 3 is 2.60 bits per heavy atom. The van der Waals surface area contributed by atoms with Crippen molar-refractivity contribution >= 4 is 34.2 Å². The van der Waals surface area contributed by atoms with Gasteiger partial charge in [0.1, 0.15) is 4.90 Å². The van der Waals surface area contributed by atoms with Crippen molar-refractivity contribution in [2.45, 2.75) is 37.8 Å². The molecule has 0 bridgehead atoms. The second kappa shape index (κ2) is 6.93. The SMILES string of the molecule is CC(C)N1C(=O)c2ccc(C(=O)N3CCNC[C@@H]3C)cc2S1(=O)=O.Cl. The van der Waals surface area contributed by atoms with Crippen LogP contribution in [0.5, 0.6) is 0 Å². The summed E-state index contributed by atoms with van der Waals surface area (Å²) in [6.07, 6.45) is 0. The highest BCUT2D eigenvalue weighted by molar-refractivity contribution is 7.90.